The van der Waals surface area contributed by atoms with E-state index in [2.05, 4.69) is 15.6 Å². The number of hydrogen-bond donors (Lipinski definition) is 4. The molecule has 0 aliphatic carbocycles. The number of aryl methyl sites for hydroxylation is 1. The molecule has 4 rings (SSSR count). The molecule has 1 aliphatic rings. The minimum absolute atomic E-state index is 0.0980. The van der Waals surface area contributed by atoms with E-state index in [1.165, 1.54) is 0 Å². The molecule has 10 nitrogen and oxygen atoms in total. The van der Waals surface area contributed by atoms with Crippen LogP contribution in [0.25, 0.3) is 11.1 Å². The summed E-state index contributed by atoms with van der Waals surface area (Å²) < 4.78 is 1.69. The number of hydrogen-bond acceptors (Lipinski definition) is 7. The molecule has 1 aromatic heterocycles. The minimum atomic E-state index is -1.15. The van der Waals surface area contributed by atoms with Gasteiger partial charge in [0.05, 0.1) is 29.6 Å². The molecule has 10 heteroatoms. The largest absolute Gasteiger partial charge is 0.392 e. The lowest BCUT2D eigenvalue weighted by molar-refractivity contribution is -0.136. The predicted molar refractivity (Wildman–Crippen MR) is 152 cm³/mol. The molecule has 40 heavy (non-hydrogen) atoms. The van der Waals surface area contributed by atoms with Crippen LogP contribution in [0, 0.1) is 19.3 Å². The van der Waals surface area contributed by atoms with Crippen molar-refractivity contribution in [2.45, 2.75) is 77.9 Å². The van der Waals surface area contributed by atoms with Crippen LogP contribution in [0.5, 0.6) is 0 Å². The van der Waals surface area contributed by atoms with Gasteiger partial charge in [-0.3, -0.25) is 14.5 Å². The molecule has 3 aromatic rings. The summed E-state index contributed by atoms with van der Waals surface area (Å²) in [5.74, 6) is -1.13. The van der Waals surface area contributed by atoms with Crippen LogP contribution in [-0.4, -0.2) is 72.9 Å². The van der Waals surface area contributed by atoms with Gasteiger partial charge in [0.15, 0.2) is 0 Å². The lowest BCUT2D eigenvalue weighted by atomic mass is 9.84. The van der Waals surface area contributed by atoms with E-state index < -0.39 is 47.7 Å². The Morgan fingerprint density at radius 1 is 1.07 bits per heavy atom. The van der Waals surface area contributed by atoms with Crippen LogP contribution < -0.4 is 11.1 Å². The first-order valence-corrected chi connectivity index (χ1v) is 13.6. The van der Waals surface area contributed by atoms with Crippen molar-refractivity contribution in [3.05, 3.63) is 71.5 Å². The highest BCUT2D eigenvalue weighted by atomic mass is 16.3. The number of amides is 2. The zero-order valence-electron chi connectivity index (χ0n) is 23.8. The number of nitrogens with two attached hydrogens (primary N) is 1. The van der Waals surface area contributed by atoms with Crippen LogP contribution >= 0.6 is 0 Å². The second-order valence-electron chi connectivity index (χ2n) is 11.8. The Balaban J connectivity index is 1.51. The highest BCUT2D eigenvalue weighted by molar-refractivity contribution is 5.89. The van der Waals surface area contributed by atoms with Crippen LogP contribution in [0.3, 0.4) is 0 Å². The first-order chi connectivity index (χ1) is 18.9. The summed E-state index contributed by atoms with van der Waals surface area (Å²) in [4.78, 5) is 27.5. The van der Waals surface area contributed by atoms with Crippen molar-refractivity contribution in [2.75, 3.05) is 6.54 Å². The normalized spacial score (nSPS) is 20.2. The molecule has 1 aliphatic heterocycles. The van der Waals surface area contributed by atoms with E-state index in [1.807, 2.05) is 89.2 Å². The zero-order valence-corrected chi connectivity index (χ0v) is 23.8. The Hall–Kier alpha value is -3.60. The van der Waals surface area contributed by atoms with Crippen LogP contribution in [0.15, 0.2) is 54.6 Å². The monoisotopic (exact) mass is 548 g/mol. The predicted octanol–water partition coefficient (Wildman–Crippen LogP) is 2.12. The number of nitrogens with zero attached hydrogens (tertiary/aromatic N) is 4. The summed E-state index contributed by atoms with van der Waals surface area (Å²) >= 11 is 0. The van der Waals surface area contributed by atoms with Gasteiger partial charge in [0, 0.05) is 13.0 Å². The Morgan fingerprint density at radius 2 is 1.70 bits per heavy atom. The summed E-state index contributed by atoms with van der Waals surface area (Å²) in [5, 5.41) is 33.3. The van der Waals surface area contributed by atoms with Gasteiger partial charge in [-0.05, 0) is 42.4 Å². The summed E-state index contributed by atoms with van der Waals surface area (Å²) in [6.07, 6.45) is -1.63. The first-order valence-electron chi connectivity index (χ1n) is 13.6. The van der Waals surface area contributed by atoms with Gasteiger partial charge in [-0.15, -0.1) is 5.10 Å². The molecule has 0 saturated carbocycles. The maximum absolute atomic E-state index is 13.5. The van der Waals surface area contributed by atoms with Gasteiger partial charge < -0.3 is 21.3 Å². The first kappa shape index (κ1) is 29.4. The molecular weight excluding hydrogens is 508 g/mol. The lowest BCUT2D eigenvalue weighted by Gasteiger charge is -2.40. The molecule has 1 unspecified atom stereocenters. The number of likely N-dealkylation sites (tertiary alicyclic amines) is 1. The van der Waals surface area contributed by atoms with Crippen molar-refractivity contribution in [2.24, 2.45) is 11.1 Å². The molecular formula is C30H40N6O4. The number of rotatable bonds is 9. The Morgan fingerprint density at radius 3 is 2.25 bits per heavy atom. The molecule has 2 heterocycles. The van der Waals surface area contributed by atoms with Crippen LogP contribution in [0.4, 0.5) is 0 Å². The fourth-order valence-electron chi connectivity index (χ4n) is 5.38. The quantitative estimate of drug-likeness (QED) is 0.320. The fourth-order valence-corrected chi connectivity index (χ4v) is 5.38. The van der Waals surface area contributed by atoms with Gasteiger partial charge in [-0.25, -0.2) is 4.68 Å². The summed E-state index contributed by atoms with van der Waals surface area (Å²) in [5.41, 5.74) is 9.76. The second-order valence-corrected chi connectivity index (χ2v) is 11.8. The average Bonchev–Trinajstić information content (AvgIpc) is 3.46. The van der Waals surface area contributed by atoms with Gasteiger partial charge in [-0.2, -0.15) is 0 Å². The van der Waals surface area contributed by atoms with E-state index in [0.29, 0.717) is 0 Å². The topological polar surface area (TPSA) is 147 Å². The Bertz CT molecular complexity index is 1320. The number of nitrogens with one attached hydrogen (secondary N) is 1. The number of carbonyl (C=O) groups is 2. The van der Waals surface area contributed by atoms with Crippen LogP contribution in [-0.2, 0) is 16.0 Å². The highest BCUT2D eigenvalue weighted by Gasteiger charge is 2.46. The standard InChI is InChI=1S/C30H40N6O4/c1-18-19(2)36(34-33-18)26(30(3,4)5)29(40)35-17-23(37)16-25(35)28(39)32-24(27(31)38)15-20-11-13-22(14-12-20)21-9-7-6-8-10-21/h6-14,23-26,29,37,40H,15-17H2,1-5H3,(H2,31,38)(H,32,39)/t23-,24-,25+,26-,29?/m1/s1. The molecule has 2 amide bonds. The second kappa shape index (κ2) is 11.9. The van der Waals surface area contributed by atoms with E-state index in [0.717, 1.165) is 28.1 Å². The number of primary amides is 1. The average molecular weight is 549 g/mol. The molecule has 5 atom stereocenters. The van der Waals surface area contributed by atoms with E-state index >= 15 is 0 Å². The van der Waals surface area contributed by atoms with E-state index in [9.17, 15) is 19.8 Å². The van der Waals surface area contributed by atoms with Crippen LogP contribution in [0.2, 0.25) is 0 Å². The fraction of sp³-hybridized carbons (Fsp3) is 0.467. The maximum Gasteiger partial charge on any atom is 0.240 e. The Labute approximate surface area is 235 Å². The van der Waals surface area contributed by atoms with Crippen molar-refractivity contribution in [3.8, 4) is 11.1 Å². The van der Waals surface area contributed by atoms with Crippen molar-refractivity contribution < 1.29 is 19.8 Å². The minimum Gasteiger partial charge on any atom is -0.392 e. The summed E-state index contributed by atoms with van der Waals surface area (Å²) in [6, 6.07) is 15.3. The molecule has 1 saturated heterocycles. The van der Waals surface area contributed by atoms with E-state index in [-0.39, 0.29) is 19.4 Å². The molecule has 0 bridgehead atoms. The SMILES string of the molecule is Cc1nnn([C@H](C(O)N2C[C@H](O)C[C@H]2C(=O)N[C@H](Cc2ccc(-c3ccccc3)cc2)C(N)=O)C(C)(C)C)c1C. The molecule has 0 spiro atoms. The van der Waals surface area contributed by atoms with Gasteiger partial charge in [0.25, 0.3) is 0 Å². The van der Waals surface area contributed by atoms with Gasteiger partial charge in [0.1, 0.15) is 12.3 Å². The summed E-state index contributed by atoms with van der Waals surface area (Å²) in [6.45, 7) is 9.76. The van der Waals surface area contributed by atoms with E-state index in [4.69, 9.17) is 5.73 Å². The Kier molecular flexibility index (Phi) is 8.72. The number of benzene rings is 2. The molecule has 214 valence electrons. The van der Waals surface area contributed by atoms with Crippen LogP contribution in [0.1, 0.15) is 50.2 Å². The number of aliphatic hydroxyl groups excluding tert-OH is 2. The van der Waals surface area contributed by atoms with Gasteiger partial charge in [-0.1, -0.05) is 80.6 Å². The number of β-amino-alcohol motifs (C(OH)–C–C–N with tert-alkyl or cyclic N) is 1. The molecule has 0 radical (unpaired) electrons. The maximum atomic E-state index is 13.5. The molecule has 2 aromatic carbocycles. The number of aromatic nitrogens is 3. The lowest BCUT2D eigenvalue weighted by Crippen LogP contribution is -2.56. The third-order valence-corrected chi connectivity index (χ3v) is 7.71. The molecule has 1 fully saturated rings. The highest BCUT2D eigenvalue weighted by Crippen LogP contribution is 2.37. The number of carbonyl (C=O) groups excluding carboxylic acids is 2. The van der Waals surface area contributed by atoms with E-state index in [1.54, 1.807) is 9.58 Å². The number of aliphatic hydroxyl groups is 2. The summed E-state index contributed by atoms with van der Waals surface area (Å²) in [7, 11) is 0. The molecule has 5 N–H and O–H groups in total. The van der Waals surface area contributed by atoms with Gasteiger partial charge in [0.2, 0.25) is 11.8 Å². The van der Waals surface area contributed by atoms with Crippen molar-refractivity contribution in [1.29, 1.82) is 0 Å². The van der Waals surface area contributed by atoms with Crippen molar-refractivity contribution in [3.63, 3.8) is 0 Å². The van der Waals surface area contributed by atoms with Gasteiger partial charge >= 0.3 is 0 Å². The smallest absolute Gasteiger partial charge is 0.240 e. The van der Waals surface area contributed by atoms with Crippen molar-refractivity contribution in [1.82, 2.24) is 25.2 Å². The third kappa shape index (κ3) is 6.41. The zero-order chi connectivity index (χ0) is 29.2. The third-order valence-electron chi connectivity index (χ3n) is 7.71. The van der Waals surface area contributed by atoms with Crippen molar-refractivity contribution >= 4 is 11.8 Å².